The lowest BCUT2D eigenvalue weighted by atomic mass is 10.4. The van der Waals surface area contributed by atoms with Crippen LogP contribution in [0.4, 0.5) is 0 Å². The Kier molecular flexibility index (Phi) is 1.08. The van der Waals surface area contributed by atoms with E-state index in [0.29, 0.717) is 0 Å². The quantitative estimate of drug-likeness (QED) is 0.564. The van der Waals surface area contributed by atoms with Crippen LogP contribution in [-0.4, -0.2) is 8.77 Å². The first-order valence-corrected chi connectivity index (χ1v) is 4.01. The number of aryl methyl sites for hydroxylation is 2. The van der Waals surface area contributed by atoms with Crippen molar-refractivity contribution in [3.05, 3.63) is 23.0 Å². The van der Waals surface area contributed by atoms with E-state index in [-0.39, 0.29) is 0 Å². The lowest BCUT2D eigenvalue weighted by Crippen LogP contribution is -1.77. The van der Waals surface area contributed by atoms with Crippen molar-refractivity contribution in [2.75, 3.05) is 0 Å². The fourth-order valence-electron chi connectivity index (χ4n) is 1.02. The molecule has 3 heteroatoms. The second kappa shape index (κ2) is 1.83. The largest absolute Gasteiger partial charge is 0.251 e. The van der Waals surface area contributed by atoms with Gasteiger partial charge in [0.1, 0.15) is 5.82 Å². The molecule has 0 atom stereocenters. The van der Waals surface area contributed by atoms with Crippen LogP contribution >= 0.6 is 11.5 Å². The van der Waals surface area contributed by atoms with Gasteiger partial charge in [0.15, 0.2) is 0 Å². The first kappa shape index (κ1) is 5.92. The molecule has 0 fully saturated rings. The zero-order chi connectivity index (χ0) is 7.14. The Balaban J connectivity index is 2.95. The minimum atomic E-state index is 1.08. The van der Waals surface area contributed by atoms with E-state index in [1.807, 2.05) is 13.1 Å². The maximum atomic E-state index is 4.19. The molecule has 0 saturated heterocycles. The summed E-state index contributed by atoms with van der Waals surface area (Å²) in [5.74, 6) is 1.08. The van der Waals surface area contributed by atoms with Gasteiger partial charge in [-0.05, 0) is 19.4 Å². The van der Waals surface area contributed by atoms with Crippen molar-refractivity contribution in [3.8, 4) is 0 Å². The van der Waals surface area contributed by atoms with Crippen LogP contribution in [0, 0.1) is 13.8 Å². The maximum Gasteiger partial charge on any atom is 0.119 e. The van der Waals surface area contributed by atoms with Crippen molar-refractivity contribution in [2.24, 2.45) is 0 Å². The third kappa shape index (κ3) is 0.609. The van der Waals surface area contributed by atoms with Gasteiger partial charge in [-0.15, -0.1) is 0 Å². The fraction of sp³-hybridized carbons (Fsp3) is 0.286. The predicted molar refractivity (Wildman–Crippen MR) is 42.5 cm³/mol. The van der Waals surface area contributed by atoms with Crippen LogP contribution in [0.15, 0.2) is 11.6 Å². The van der Waals surface area contributed by atoms with E-state index >= 15 is 0 Å². The minimum Gasteiger partial charge on any atom is -0.251 e. The molecule has 0 unspecified atom stereocenters. The zero-order valence-corrected chi connectivity index (χ0v) is 6.77. The van der Waals surface area contributed by atoms with Crippen LogP contribution in [0.25, 0.3) is 5.52 Å². The molecule has 0 aromatic carbocycles. The molecule has 2 nitrogen and oxygen atoms in total. The van der Waals surface area contributed by atoms with Gasteiger partial charge in [0.25, 0.3) is 0 Å². The van der Waals surface area contributed by atoms with Crippen molar-refractivity contribution in [1.29, 1.82) is 0 Å². The molecule has 0 spiro atoms. The van der Waals surface area contributed by atoms with Crippen LogP contribution in [0.1, 0.15) is 11.4 Å². The van der Waals surface area contributed by atoms with Gasteiger partial charge >= 0.3 is 0 Å². The van der Waals surface area contributed by atoms with E-state index in [2.05, 4.69) is 21.1 Å². The van der Waals surface area contributed by atoms with Gasteiger partial charge in [-0.2, -0.15) is 0 Å². The van der Waals surface area contributed by atoms with Gasteiger partial charge in [-0.3, -0.25) is 3.79 Å². The summed E-state index contributed by atoms with van der Waals surface area (Å²) < 4.78 is 2.13. The molecule has 2 rings (SSSR count). The topological polar surface area (TPSA) is 17.3 Å². The molecule has 0 radical (unpaired) electrons. The standard InChI is InChI=1S/C7H8N2S/c1-5-4-10-9-6(2)8-3-7(5)9/h3-4H,1-2H3. The van der Waals surface area contributed by atoms with Crippen molar-refractivity contribution >= 4 is 17.0 Å². The summed E-state index contributed by atoms with van der Waals surface area (Å²) in [5.41, 5.74) is 2.55. The Hall–Kier alpha value is -0.830. The zero-order valence-electron chi connectivity index (χ0n) is 5.96. The van der Waals surface area contributed by atoms with Crippen LogP contribution < -0.4 is 0 Å². The molecule has 2 heterocycles. The predicted octanol–water partition coefficient (Wildman–Crippen LogP) is 2.01. The molecule has 0 bridgehead atoms. The Morgan fingerprint density at radius 2 is 2.30 bits per heavy atom. The molecule has 10 heavy (non-hydrogen) atoms. The van der Waals surface area contributed by atoms with Gasteiger partial charge in [0.05, 0.1) is 11.7 Å². The summed E-state index contributed by atoms with van der Waals surface area (Å²) in [6.07, 6.45) is 1.92. The molecule has 0 amide bonds. The van der Waals surface area contributed by atoms with Crippen LogP contribution in [0.5, 0.6) is 0 Å². The first-order valence-electron chi connectivity index (χ1n) is 3.17. The highest BCUT2D eigenvalue weighted by molar-refractivity contribution is 7.04. The molecule has 0 saturated carbocycles. The summed E-state index contributed by atoms with van der Waals surface area (Å²) in [6.45, 7) is 4.12. The lowest BCUT2D eigenvalue weighted by Gasteiger charge is -1.82. The van der Waals surface area contributed by atoms with E-state index < -0.39 is 0 Å². The molecule has 0 aliphatic rings. The first-order chi connectivity index (χ1) is 4.79. The molecular weight excluding hydrogens is 144 g/mol. The third-order valence-corrected chi connectivity index (χ3v) is 2.76. The third-order valence-electron chi connectivity index (χ3n) is 1.63. The second-order valence-corrected chi connectivity index (χ2v) is 3.20. The molecule has 0 aliphatic carbocycles. The summed E-state index contributed by atoms with van der Waals surface area (Å²) in [7, 11) is 0. The maximum absolute atomic E-state index is 4.19. The fourth-order valence-corrected chi connectivity index (χ4v) is 1.91. The minimum absolute atomic E-state index is 1.08. The van der Waals surface area contributed by atoms with E-state index in [4.69, 9.17) is 0 Å². The van der Waals surface area contributed by atoms with Crippen molar-refractivity contribution in [1.82, 2.24) is 8.77 Å². The summed E-state index contributed by atoms with van der Waals surface area (Å²) in [4.78, 5) is 4.19. The van der Waals surface area contributed by atoms with Crippen LogP contribution in [0.3, 0.4) is 0 Å². The molecule has 2 aromatic rings. The number of nitrogens with zero attached hydrogens (tertiary/aromatic N) is 2. The summed E-state index contributed by atoms with van der Waals surface area (Å²) in [6, 6.07) is 0. The average molecular weight is 152 g/mol. The van der Waals surface area contributed by atoms with Gasteiger partial charge < -0.3 is 0 Å². The van der Waals surface area contributed by atoms with E-state index in [1.165, 1.54) is 11.1 Å². The number of fused-ring (bicyclic) bond motifs is 1. The Morgan fingerprint density at radius 1 is 1.50 bits per heavy atom. The van der Waals surface area contributed by atoms with Gasteiger partial charge in [0.2, 0.25) is 0 Å². The average Bonchev–Trinajstić information content (AvgIpc) is 2.41. The lowest BCUT2D eigenvalue weighted by molar-refractivity contribution is 1.13. The number of rotatable bonds is 0. The summed E-state index contributed by atoms with van der Waals surface area (Å²) in [5, 5.41) is 2.14. The molecule has 0 N–H and O–H groups in total. The van der Waals surface area contributed by atoms with Gasteiger partial charge in [-0.1, -0.05) is 11.5 Å². The smallest absolute Gasteiger partial charge is 0.119 e. The number of imidazole rings is 1. The number of aromatic nitrogens is 2. The molecule has 0 aliphatic heterocycles. The highest BCUT2D eigenvalue weighted by atomic mass is 32.1. The highest BCUT2D eigenvalue weighted by Crippen LogP contribution is 2.16. The van der Waals surface area contributed by atoms with E-state index in [9.17, 15) is 0 Å². The van der Waals surface area contributed by atoms with E-state index in [1.54, 1.807) is 11.5 Å². The molecule has 52 valence electrons. The SMILES string of the molecule is Cc1csn2c(C)ncc12. The normalized spacial score (nSPS) is 11.0. The van der Waals surface area contributed by atoms with Crippen LogP contribution in [-0.2, 0) is 0 Å². The highest BCUT2D eigenvalue weighted by Gasteiger charge is 2.01. The van der Waals surface area contributed by atoms with Crippen molar-refractivity contribution < 1.29 is 0 Å². The van der Waals surface area contributed by atoms with Crippen LogP contribution in [0.2, 0.25) is 0 Å². The number of hydrogen-bond donors (Lipinski definition) is 0. The molecular formula is C7H8N2S. The van der Waals surface area contributed by atoms with Crippen molar-refractivity contribution in [3.63, 3.8) is 0 Å². The number of hydrogen-bond acceptors (Lipinski definition) is 2. The molecule has 2 aromatic heterocycles. The second-order valence-electron chi connectivity index (χ2n) is 2.39. The van der Waals surface area contributed by atoms with E-state index in [0.717, 1.165) is 5.82 Å². The van der Waals surface area contributed by atoms with Crippen molar-refractivity contribution in [2.45, 2.75) is 13.8 Å². The Labute approximate surface area is 63.3 Å². The Bertz CT molecular complexity index is 322. The monoisotopic (exact) mass is 152 g/mol. The summed E-state index contributed by atoms with van der Waals surface area (Å²) >= 11 is 1.70. The van der Waals surface area contributed by atoms with Gasteiger partial charge in [0, 0.05) is 5.38 Å². The Morgan fingerprint density at radius 3 is 3.00 bits per heavy atom. The van der Waals surface area contributed by atoms with Gasteiger partial charge in [-0.25, -0.2) is 4.98 Å².